The van der Waals surface area contributed by atoms with Gasteiger partial charge in [-0.25, -0.2) is 4.98 Å². The van der Waals surface area contributed by atoms with Crippen molar-refractivity contribution >= 4 is 5.91 Å². The third kappa shape index (κ3) is 5.37. The molecule has 24 heavy (non-hydrogen) atoms. The van der Waals surface area contributed by atoms with Crippen LogP contribution in [0, 0.1) is 11.8 Å². The van der Waals surface area contributed by atoms with Crippen LogP contribution in [0.25, 0.3) is 0 Å². The summed E-state index contributed by atoms with van der Waals surface area (Å²) < 4.78 is 5.73. The third-order valence-corrected chi connectivity index (χ3v) is 3.40. The van der Waals surface area contributed by atoms with Crippen LogP contribution < -0.4 is 4.74 Å². The molecule has 2 rings (SSSR count). The van der Waals surface area contributed by atoms with E-state index >= 15 is 0 Å². The van der Waals surface area contributed by atoms with Crippen molar-refractivity contribution in [3.63, 3.8) is 0 Å². The molecule has 0 aliphatic carbocycles. The summed E-state index contributed by atoms with van der Waals surface area (Å²) in [6.45, 7) is 10.0. The van der Waals surface area contributed by atoms with Gasteiger partial charge in [-0.3, -0.25) is 4.79 Å². The van der Waals surface area contributed by atoms with Gasteiger partial charge in [0.25, 0.3) is 5.91 Å². The molecule has 0 bridgehead atoms. The van der Waals surface area contributed by atoms with Crippen LogP contribution in [0.3, 0.4) is 0 Å². The fourth-order valence-corrected chi connectivity index (χ4v) is 2.53. The molecule has 0 saturated heterocycles. The van der Waals surface area contributed by atoms with Crippen molar-refractivity contribution in [1.29, 1.82) is 0 Å². The Morgan fingerprint density at radius 2 is 1.75 bits per heavy atom. The second-order valence-electron chi connectivity index (χ2n) is 6.80. The normalized spacial score (nSPS) is 10.9. The smallest absolute Gasteiger partial charge is 0.254 e. The summed E-state index contributed by atoms with van der Waals surface area (Å²) >= 11 is 0. The topological polar surface area (TPSA) is 42.4 Å². The number of ether oxygens (including phenoxy) is 1. The first-order valence-corrected chi connectivity index (χ1v) is 8.44. The number of aromatic nitrogens is 1. The van der Waals surface area contributed by atoms with Gasteiger partial charge in [0, 0.05) is 30.9 Å². The van der Waals surface area contributed by atoms with Gasteiger partial charge in [0.2, 0.25) is 5.88 Å². The van der Waals surface area contributed by atoms with Crippen LogP contribution in [0.1, 0.15) is 38.1 Å². The number of pyridine rings is 1. The lowest BCUT2D eigenvalue weighted by molar-refractivity contribution is 0.0715. The van der Waals surface area contributed by atoms with Crippen LogP contribution in [-0.2, 0) is 0 Å². The fourth-order valence-electron chi connectivity index (χ4n) is 2.53. The second-order valence-corrected chi connectivity index (χ2v) is 6.80. The molecular formula is C20H26N2O2. The third-order valence-electron chi connectivity index (χ3n) is 3.40. The molecule has 1 heterocycles. The quantitative estimate of drug-likeness (QED) is 0.745. The summed E-state index contributed by atoms with van der Waals surface area (Å²) in [4.78, 5) is 18.9. The molecule has 0 fully saturated rings. The number of amides is 1. The molecule has 0 saturated carbocycles. The maximum absolute atomic E-state index is 12.9. The molecule has 0 spiro atoms. The van der Waals surface area contributed by atoms with E-state index < -0.39 is 0 Å². The molecule has 0 atom stereocenters. The standard InChI is InChI=1S/C20H26N2O2/c1-15(2)13-22(14-16(3)4)20(23)17-8-7-9-18(12-17)24-19-10-5-6-11-21-19/h5-12,15-16H,13-14H2,1-4H3. The van der Waals surface area contributed by atoms with E-state index in [1.807, 2.05) is 35.2 Å². The van der Waals surface area contributed by atoms with Crippen LogP contribution in [0.15, 0.2) is 48.7 Å². The zero-order valence-corrected chi connectivity index (χ0v) is 14.9. The minimum Gasteiger partial charge on any atom is -0.439 e. The van der Waals surface area contributed by atoms with E-state index in [2.05, 4.69) is 32.7 Å². The fraction of sp³-hybridized carbons (Fsp3) is 0.400. The number of hydrogen-bond acceptors (Lipinski definition) is 3. The molecule has 0 N–H and O–H groups in total. The molecule has 2 aromatic rings. The molecule has 0 aliphatic rings. The van der Waals surface area contributed by atoms with Crippen molar-refractivity contribution in [2.75, 3.05) is 13.1 Å². The van der Waals surface area contributed by atoms with Crippen LogP contribution in [0.5, 0.6) is 11.6 Å². The van der Waals surface area contributed by atoms with Crippen LogP contribution in [0.2, 0.25) is 0 Å². The molecule has 0 unspecified atom stereocenters. The summed E-state index contributed by atoms with van der Waals surface area (Å²) in [7, 11) is 0. The zero-order valence-electron chi connectivity index (χ0n) is 14.9. The Morgan fingerprint density at radius 1 is 1.04 bits per heavy atom. The van der Waals surface area contributed by atoms with Gasteiger partial charge >= 0.3 is 0 Å². The van der Waals surface area contributed by atoms with Gasteiger partial charge in [-0.05, 0) is 36.1 Å². The first kappa shape index (κ1) is 18.0. The monoisotopic (exact) mass is 326 g/mol. The van der Waals surface area contributed by atoms with Crippen molar-refractivity contribution in [2.45, 2.75) is 27.7 Å². The average Bonchev–Trinajstić information content (AvgIpc) is 2.54. The molecule has 0 aliphatic heterocycles. The van der Waals surface area contributed by atoms with Crippen LogP contribution in [-0.4, -0.2) is 28.9 Å². The van der Waals surface area contributed by atoms with Gasteiger partial charge in [0.15, 0.2) is 0 Å². The predicted molar refractivity (Wildman–Crippen MR) is 96.3 cm³/mol. The molecule has 1 aromatic carbocycles. The number of hydrogen-bond donors (Lipinski definition) is 0. The average molecular weight is 326 g/mol. The van der Waals surface area contributed by atoms with E-state index in [9.17, 15) is 4.79 Å². The number of carbonyl (C=O) groups is 1. The highest BCUT2D eigenvalue weighted by molar-refractivity contribution is 5.94. The Bertz CT molecular complexity index is 644. The summed E-state index contributed by atoms with van der Waals surface area (Å²) in [5.41, 5.74) is 0.643. The first-order valence-electron chi connectivity index (χ1n) is 8.44. The summed E-state index contributed by atoms with van der Waals surface area (Å²) in [5, 5.41) is 0. The molecule has 1 aromatic heterocycles. The van der Waals surface area contributed by atoms with Crippen molar-refractivity contribution in [3.8, 4) is 11.6 Å². The molecular weight excluding hydrogens is 300 g/mol. The lowest BCUT2D eigenvalue weighted by atomic mass is 10.1. The first-order chi connectivity index (χ1) is 11.5. The Morgan fingerprint density at radius 3 is 2.33 bits per heavy atom. The Kier molecular flexibility index (Phi) is 6.36. The Hall–Kier alpha value is -2.36. The van der Waals surface area contributed by atoms with Crippen LogP contribution in [0.4, 0.5) is 0 Å². The maximum atomic E-state index is 12.9. The van der Waals surface area contributed by atoms with Gasteiger partial charge in [0.1, 0.15) is 5.75 Å². The highest BCUT2D eigenvalue weighted by Crippen LogP contribution is 2.21. The lowest BCUT2D eigenvalue weighted by Crippen LogP contribution is -2.37. The van der Waals surface area contributed by atoms with Gasteiger partial charge in [-0.2, -0.15) is 0 Å². The largest absolute Gasteiger partial charge is 0.439 e. The van der Waals surface area contributed by atoms with E-state index in [4.69, 9.17) is 4.74 Å². The Balaban J connectivity index is 2.17. The van der Waals surface area contributed by atoms with E-state index in [-0.39, 0.29) is 5.91 Å². The van der Waals surface area contributed by atoms with Crippen molar-refractivity contribution < 1.29 is 9.53 Å². The van der Waals surface area contributed by atoms with Gasteiger partial charge in [0.05, 0.1) is 0 Å². The molecule has 0 radical (unpaired) electrons. The summed E-state index contributed by atoms with van der Waals surface area (Å²) in [5.74, 6) is 2.04. The second kappa shape index (κ2) is 8.48. The molecule has 1 amide bonds. The van der Waals surface area contributed by atoms with E-state index in [0.717, 1.165) is 13.1 Å². The minimum atomic E-state index is 0.0453. The maximum Gasteiger partial charge on any atom is 0.254 e. The zero-order chi connectivity index (χ0) is 17.5. The van der Waals surface area contributed by atoms with Crippen molar-refractivity contribution in [3.05, 3.63) is 54.2 Å². The van der Waals surface area contributed by atoms with Crippen molar-refractivity contribution in [1.82, 2.24) is 9.88 Å². The van der Waals surface area contributed by atoms with Crippen LogP contribution >= 0.6 is 0 Å². The summed E-state index contributed by atoms with van der Waals surface area (Å²) in [6, 6.07) is 12.8. The van der Waals surface area contributed by atoms with E-state index in [0.29, 0.717) is 29.0 Å². The minimum absolute atomic E-state index is 0.0453. The Labute approximate surface area is 144 Å². The molecule has 4 heteroatoms. The number of benzene rings is 1. The highest BCUT2D eigenvalue weighted by atomic mass is 16.5. The SMILES string of the molecule is CC(C)CN(CC(C)C)C(=O)c1cccc(Oc2ccccn2)c1. The van der Waals surface area contributed by atoms with E-state index in [1.165, 1.54) is 0 Å². The lowest BCUT2D eigenvalue weighted by Gasteiger charge is -2.26. The molecule has 4 nitrogen and oxygen atoms in total. The van der Waals surface area contributed by atoms with E-state index in [1.54, 1.807) is 18.3 Å². The van der Waals surface area contributed by atoms with Crippen molar-refractivity contribution in [2.24, 2.45) is 11.8 Å². The number of carbonyl (C=O) groups excluding carboxylic acids is 1. The number of nitrogens with zero attached hydrogens (tertiary/aromatic N) is 2. The van der Waals surface area contributed by atoms with Gasteiger partial charge in [-0.15, -0.1) is 0 Å². The molecule has 128 valence electrons. The number of rotatable bonds is 7. The predicted octanol–water partition coefficient (Wildman–Crippen LogP) is 4.63. The highest BCUT2D eigenvalue weighted by Gasteiger charge is 2.18. The van der Waals surface area contributed by atoms with Gasteiger partial charge < -0.3 is 9.64 Å². The van der Waals surface area contributed by atoms with Gasteiger partial charge in [-0.1, -0.05) is 39.8 Å². The summed E-state index contributed by atoms with van der Waals surface area (Å²) in [6.07, 6.45) is 1.68.